The third-order valence-electron chi connectivity index (χ3n) is 5.69. The summed E-state index contributed by atoms with van der Waals surface area (Å²) in [6.45, 7) is 1.18. The summed E-state index contributed by atoms with van der Waals surface area (Å²) in [5, 5.41) is 5.34. The topological polar surface area (TPSA) is 148 Å². The largest absolute Gasteiger partial charge is 0.418 e. The van der Waals surface area contributed by atoms with Crippen LogP contribution in [-0.4, -0.2) is 45.0 Å². The van der Waals surface area contributed by atoms with Gasteiger partial charge >= 0.3 is 6.18 Å². The van der Waals surface area contributed by atoms with E-state index in [1.807, 2.05) is 0 Å². The molecule has 5 N–H and O–H groups in total. The number of rotatable bonds is 6. The monoisotopic (exact) mass is 545 g/mol. The van der Waals surface area contributed by atoms with Crippen LogP contribution in [0.1, 0.15) is 28.0 Å². The summed E-state index contributed by atoms with van der Waals surface area (Å²) in [5.41, 5.74) is 6.24. The van der Waals surface area contributed by atoms with E-state index < -0.39 is 23.5 Å². The number of carbonyl (C=O) groups is 2. The maximum absolute atomic E-state index is 13.1. The Kier molecular flexibility index (Phi) is 8.34. The number of halogens is 4. The molecule has 1 aliphatic heterocycles. The molecule has 4 aromatic rings. The Bertz CT molecular complexity index is 1450. The number of imidazole rings is 1. The van der Waals surface area contributed by atoms with E-state index in [2.05, 4.69) is 30.6 Å². The predicted molar refractivity (Wildman–Crippen MR) is 132 cm³/mol. The number of benzene rings is 1. The number of alkyl halides is 3. The Morgan fingerprint density at radius 1 is 1.10 bits per heavy atom. The molecule has 10 nitrogen and oxygen atoms in total. The Hall–Kier alpha value is -4.59. The third kappa shape index (κ3) is 7.25. The van der Waals surface area contributed by atoms with Crippen molar-refractivity contribution >= 4 is 34.4 Å². The van der Waals surface area contributed by atoms with Crippen molar-refractivity contribution in [3.8, 4) is 0 Å². The number of aromatic nitrogens is 4. The zero-order valence-electron chi connectivity index (χ0n) is 20.3. The lowest BCUT2D eigenvalue weighted by atomic mass is 10.1. The highest BCUT2D eigenvalue weighted by molar-refractivity contribution is 5.94. The molecule has 0 saturated carbocycles. The summed E-state index contributed by atoms with van der Waals surface area (Å²) < 4.78 is 57.4. The number of nitrogens with one attached hydrogen (secondary N) is 3. The summed E-state index contributed by atoms with van der Waals surface area (Å²) in [6, 6.07) is 7.16. The van der Waals surface area contributed by atoms with Crippen LogP contribution >= 0.6 is 0 Å². The van der Waals surface area contributed by atoms with E-state index in [1.54, 1.807) is 12.1 Å². The molecule has 1 atom stereocenters. The van der Waals surface area contributed by atoms with E-state index in [0.717, 1.165) is 12.1 Å². The van der Waals surface area contributed by atoms with Crippen molar-refractivity contribution in [2.24, 2.45) is 11.7 Å². The van der Waals surface area contributed by atoms with Gasteiger partial charge in [-0.25, -0.2) is 14.4 Å². The lowest BCUT2D eigenvalue weighted by molar-refractivity contribution is -0.137. The first-order valence-electron chi connectivity index (χ1n) is 11.6. The van der Waals surface area contributed by atoms with Crippen molar-refractivity contribution in [3.05, 3.63) is 77.8 Å². The van der Waals surface area contributed by atoms with Crippen LogP contribution in [0.2, 0.25) is 0 Å². The smallest absolute Gasteiger partial charge is 0.381 e. The Morgan fingerprint density at radius 3 is 2.59 bits per heavy atom. The second kappa shape index (κ2) is 11.9. The number of nitrogens with two attached hydrogens (primary N) is 1. The van der Waals surface area contributed by atoms with Gasteiger partial charge in [0.15, 0.2) is 5.65 Å². The lowest BCUT2D eigenvalue weighted by Crippen LogP contribution is -2.30. The van der Waals surface area contributed by atoms with Gasteiger partial charge in [-0.3, -0.25) is 14.6 Å². The van der Waals surface area contributed by atoms with Gasteiger partial charge < -0.3 is 26.1 Å². The van der Waals surface area contributed by atoms with Crippen LogP contribution in [-0.2, 0) is 22.3 Å². The molecule has 3 aromatic heterocycles. The molecule has 1 saturated heterocycles. The molecule has 1 fully saturated rings. The molecule has 4 heterocycles. The summed E-state index contributed by atoms with van der Waals surface area (Å²) in [5.74, 6) is -1.73. The highest BCUT2D eigenvalue weighted by Crippen LogP contribution is 2.36. The number of nitrogens with zero attached hydrogens (tertiary/aromatic N) is 3. The van der Waals surface area contributed by atoms with Gasteiger partial charge in [0, 0.05) is 12.8 Å². The van der Waals surface area contributed by atoms with Gasteiger partial charge in [-0.05, 0) is 42.8 Å². The first-order chi connectivity index (χ1) is 18.6. The van der Waals surface area contributed by atoms with Crippen molar-refractivity contribution in [1.29, 1.82) is 0 Å². The number of anilines is 2. The van der Waals surface area contributed by atoms with Crippen LogP contribution in [0, 0.1) is 11.7 Å². The van der Waals surface area contributed by atoms with Crippen LogP contribution in [0.4, 0.5) is 28.9 Å². The molecule has 39 heavy (non-hydrogen) atoms. The van der Waals surface area contributed by atoms with Crippen LogP contribution < -0.4 is 16.4 Å². The fourth-order valence-electron chi connectivity index (χ4n) is 3.65. The maximum Gasteiger partial charge on any atom is 0.418 e. The van der Waals surface area contributed by atoms with E-state index in [1.165, 1.54) is 24.8 Å². The molecular weight excluding hydrogens is 522 g/mol. The van der Waals surface area contributed by atoms with E-state index in [0.29, 0.717) is 53.8 Å². The zero-order valence-corrected chi connectivity index (χ0v) is 20.3. The number of pyridine rings is 2. The average molecular weight is 545 g/mol. The standard InChI is InChI=1S/C18H17F4N3O2.C7H6N4O/c19-12-1-4-16(15(7-12)18(20,21)22)25-14-3-2-13(23-9-14)8-24-17(26)11-5-6-27-10-11;8-6(12)4-1-5-7(9-2-4)11-3-10-5/h1-4,7,9,11,25H,5-6,8,10H2,(H,24,26);1-3H,(H2,8,12)(H,9,10,11). The van der Waals surface area contributed by atoms with Gasteiger partial charge in [0.25, 0.3) is 0 Å². The molecule has 5 rings (SSSR count). The third-order valence-corrected chi connectivity index (χ3v) is 5.69. The number of amides is 2. The molecule has 204 valence electrons. The van der Waals surface area contributed by atoms with Gasteiger partial charge in [0.1, 0.15) is 5.82 Å². The second-order valence-electron chi connectivity index (χ2n) is 8.49. The highest BCUT2D eigenvalue weighted by atomic mass is 19.4. The van der Waals surface area contributed by atoms with Gasteiger partial charge in [0.2, 0.25) is 11.8 Å². The number of carbonyl (C=O) groups excluding carboxylic acids is 2. The van der Waals surface area contributed by atoms with E-state index in [9.17, 15) is 27.2 Å². The molecule has 0 aliphatic carbocycles. The van der Waals surface area contributed by atoms with Crippen molar-refractivity contribution in [1.82, 2.24) is 25.3 Å². The minimum Gasteiger partial charge on any atom is -0.381 e. The van der Waals surface area contributed by atoms with Crippen molar-refractivity contribution in [3.63, 3.8) is 0 Å². The van der Waals surface area contributed by atoms with E-state index >= 15 is 0 Å². The number of aromatic amines is 1. The number of primary amides is 1. The maximum atomic E-state index is 13.1. The first-order valence-corrected chi connectivity index (χ1v) is 11.6. The van der Waals surface area contributed by atoms with Gasteiger partial charge in [0.05, 0.1) is 65.3 Å². The van der Waals surface area contributed by atoms with Gasteiger partial charge in [-0.2, -0.15) is 13.2 Å². The van der Waals surface area contributed by atoms with Crippen LogP contribution in [0.15, 0.2) is 55.1 Å². The number of fused-ring (bicyclic) bond motifs is 1. The zero-order chi connectivity index (χ0) is 28.0. The predicted octanol–water partition coefficient (Wildman–Crippen LogP) is 3.69. The quantitative estimate of drug-likeness (QED) is 0.270. The average Bonchev–Trinajstić information content (AvgIpc) is 3.61. The summed E-state index contributed by atoms with van der Waals surface area (Å²) in [7, 11) is 0. The highest BCUT2D eigenvalue weighted by Gasteiger charge is 2.34. The molecule has 1 aliphatic rings. The molecule has 0 bridgehead atoms. The van der Waals surface area contributed by atoms with E-state index in [-0.39, 0.29) is 24.1 Å². The Morgan fingerprint density at radius 2 is 1.92 bits per heavy atom. The minimum absolute atomic E-state index is 0.113. The molecule has 1 unspecified atom stereocenters. The Labute approximate surface area is 219 Å². The van der Waals surface area contributed by atoms with Gasteiger partial charge in [-0.1, -0.05) is 0 Å². The number of hydrogen-bond donors (Lipinski definition) is 4. The lowest BCUT2D eigenvalue weighted by Gasteiger charge is -2.15. The summed E-state index contributed by atoms with van der Waals surface area (Å²) in [6.07, 6.45) is 0.269. The van der Waals surface area contributed by atoms with Crippen LogP contribution in [0.5, 0.6) is 0 Å². The first kappa shape index (κ1) is 27.4. The minimum atomic E-state index is -4.69. The number of hydrogen-bond acceptors (Lipinski definition) is 7. The summed E-state index contributed by atoms with van der Waals surface area (Å²) in [4.78, 5) is 37.4. The summed E-state index contributed by atoms with van der Waals surface area (Å²) >= 11 is 0. The van der Waals surface area contributed by atoms with Crippen LogP contribution in [0.3, 0.4) is 0 Å². The molecule has 1 aromatic carbocycles. The Balaban J connectivity index is 0.000000243. The molecule has 14 heteroatoms. The molecule has 0 radical (unpaired) electrons. The van der Waals surface area contributed by atoms with Crippen molar-refractivity contribution in [2.45, 2.75) is 19.1 Å². The number of ether oxygens (including phenoxy) is 1. The van der Waals surface area contributed by atoms with Crippen LogP contribution in [0.25, 0.3) is 11.2 Å². The van der Waals surface area contributed by atoms with Crippen molar-refractivity contribution in [2.75, 3.05) is 18.5 Å². The van der Waals surface area contributed by atoms with Gasteiger partial charge in [-0.15, -0.1) is 0 Å². The fraction of sp³-hybridized carbons (Fsp3) is 0.240. The SMILES string of the molecule is NC(=O)c1cnc2nc[nH]c2c1.O=C(NCc1ccc(Nc2ccc(F)cc2C(F)(F)F)cn1)C1CCOC1. The number of H-pyrrole nitrogens is 1. The molecule has 2 amide bonds. The normalized spacial score (nSPS) is 14.9. The van der Waals surface area contributed by atoms with Crippen molar-refractivity contribution < 1.29 is 31.9 Å². The van der Waals surface area contributed by atoms with E-state index in [4.69, 9.17) is 10.5 Å². The molecule has 0 spiro atoms. The second-order valence-corrected chi connectivity index (χ2v) is 8.49. The fourth-order valence-corrected chi connectivity index (χ4v) is 3.65. The molecular formula is C25H23F4N7O3.